The van der Waals surface area contributed by atoms with E-state index in [9.17, 15) is 13.2 Å². The van der Waals surface area contributed by atoms with Crippen LogP contribution in [-0.4, -0.2) is 63.4 Å². The Hall–Kier alpha value is -2.00. The summed E-state index contributed by atoms with van der Waals surface area (Å²) < 4.78 is 38.2. The average molecular weight is 487 g/mol. The fourth-order valence-corrected chi connectivity index (χ4v) is 5.42. The minimum absolute atomic E-state index is 0.0335. The molecule has 168 valence electrons. The van der Waals surface area contributed by atoms with Gasteiger partial charge in [-0.1, -0.05) is 30.1 Å². The second-order valence-electron chi connectivity index (χ2n) is 6.99. The van der Waals surface area contributed by atoms with Crippen molar-refractivity contribution in [3.8, 4) is 11.5 Å². The van der Waals surface area contributed by atoms with Crippen LogP contribution in [0, 0.1) is 0 Å². The van der Waals surface area contributed by atoms with Crippen LogP contribution >= 0.6 is 23.2 Å². The SMILES string of the molecule is CCCOc1ccc(C(=O)N2CCN(S(=O)(=O)c3cc(Cl)ccc3Cl)CC2)cc1OC. The number of ether oxygens (including phenoxy) is 2. The third kappa shape index (κ3) is 5.26. The first kappa shape index (κ1) is 23.7. The maximum atomic E-state index is 13.0. The summed E-state index contributed by atoms with van der Waals surface area (Å²) in [6.07, 6.45) is 0.859. The van der Waals surface area contributed by atoms with Crippen molar-refractivity contribution < 1.29 is 22.7 Å². The molecule has 7 nitrogen and oxygen atoms in total. The first-order chi connectivity index (χ1) is 14.8. The second kappa shape index (κ2) is 10.1. The number of amides is 1. The summed E-state index contributed by atoms with van der Waals surface area (Å²) in [6, 6.07) is 9.37. The minimum atomic E-state index is -3.81. The molecule has 0 aromatic heterocycles. The van der Waals surface area contributed by atoms with Gasteiger partial charge in [0.05, 0.1) is 18.7 Å². The van der Waals surface area contributed by atoms with Crippen LogP contribution in [0.3, 0.4) is 0 Å². The Bertz CT molecular complexity index is 1050. The Morgan fingerprint density at radius 2 is 1.74 bits per heavy atom. The molecule has 0 atom stereocenters. The van der Waals surface area contributed by atoms with Crippen molar-refractivity contribution in [2.75, 3.05) is 39.9 Å². The first-order valence-corrected chi connectivity index (χ1v) is 12.0. The van der Waals surface area contributed by atoms with Gasteiger partial charge >= 0.3 is 0 Å². The van der Waals surface area contributed by atoms with Crippen LogP contribution in [0.15, 0.2) is 41.3 Å². The summed E-state index contributed by atoms with van der Waals surface area (Å²) in [5.74, 6) is 0.865. The molecular weight excluding hydrogens is 463 g/mol. The number of nitrogens with zero attached hydrogens (tertiary/aromatic N) is 2. The van der Waals surface area contributed by atoms with Gasteiger partial charge < -0.3 is 14.4 Å². The van der Waals surface area contributed by atoms with Crippen LogP contribution in [0.2, 0.25) is 10.0 Å². The number of hydrogen-bond donors (Lipinski definition) is 0. The van der Waals surface area contributed by atoms with Crippen molar-refractivity contribution >= 4 is 39.1 Å². The molecule has 2 aromatic carbocycles. The lowest BCUT2D eigenvalue weighted by atomic mass is 10.1. The van der Waals surface area contributed by atoms with Gasteiger partial charge in [0.15, 0.2) is 11.5 Å². The Labute approximate surface area is 192 Å². The summed E-state index contributed by atoms with van der Waals surface area (Å²) in [5, 5.41) is 0.400. The van der Waals surface area contributed by atoms with Crippen molar-refractivity contribution in [1.82, 2.24) is 9.21 Å². The van der Waals surface area contributed by atoms with Gasteiger partial charge in [-0.3, -0.25) is 4.79 Å². The number of piperazine rings is 1. The van der Waals surface area contributed by atoms with Crippen LogP contribution in [-0.2, 0) is 10.0 Å². The zero-order valence-corrected chi connectivity index (χ0v) is 19.6. The molecule has 1 fully saturated rings. The number of carbonyl (C=O) groups is 1. The highest BCUT2D eigenvalue weighted by molar-refractivity contribution is 7.89. The van der Waals surface area contributed by atoms with Crippen LogP contribution in [0.5, 0.6) is 11.5 Å². The Balaban J connectivity index is 1.70. The van der Waals surface area contributed by atoms with Crippen molar-refractivity contribution in [2.45, 2.75) is 18.2 Å². The lowest BCUT2D eigenvalue weighted by molar-refractivity contribution is 0.0697. The van der Waals surface area contributed by atoms with E-state index in [2.05, 4.69) is 0 Å². The van der Waals surface area contributed by atoms with E-state index in [1.807, 2.05) is 6.92 Å². The Kier molecular flexibility index (Phi) is 7.69. The van der Waals surface area contributed by atoms with Crippen molar-refractivity contribution in [2.24, 2.45) is 0 Å². The molecule has 0 N–H and O–H groups in total. The maximum absolute atomic E-state index is 13.0. The van der Waals surface area contributed by atoms with Gasteiger partial charge in [0, 0.05) is 36.8 Å². The number of rotatable bonds is 7. The maximum Gasteiger partial charge on any atom is 0.254 e. The zero-order chi connectivity index (χ0) is 22.6. The number of hydrogen-bond acceptors (Lipinski definition) is 5. The largest absolute Gasteiger partial charge is 0.493 e. The van der Waals surface area contributed by atoms with Gasteiger partial charge in [-0.25, -0.2) is 8.42 Å². The summed E-state index contributed by atoms with van der Waals surface area (Å²) >= 11 is 12.0. The molecule has 1 aliphatic heterocycles. The molecule has 10 heteroatoms. The van der Waals surface area contributed by atoms with Gasteiger partial charge in [0.2, 0.25) is 10.0 Å². The molecule has 31 heavy (non-hydrogen) atoms. The van der Waals surface area contributed by atoms with Crippen molar-refractivity contribution in [3.63, 3.8) is 0 Å². The van der Waals surface area contributed by atoms with E-state index in [1.165, 1.54) is 29.6 Å². The molecule has 1 heterocycles. The number of halogens is 2. The van der Waals surface area contributed by atoms with E-state index >= 15 is 0 Å². The summed E-state index contributed by atoms with van der Waals surface area (Å²) in [6.45, 7) is 3.39. The van der Waals surface area contributed by atoms with Crippen LogP contribution in [0.4, 0.5) is 0 Å². The molecule has 3 rings (SSSR count). The third-order valence-electron chi connectivity index (χ3n) is 4.91. The summed E-state index contributed by atoms with van der Waals surface area (Å²) in [7, 11) is -2.29. The molecule has 0 spiro atoms. The van der Waals surface area contributed by atoms with E-state index in [-0.39, 0.29) is 47.0 Å². The van der Waals surface area contributed by atoms with Crippen LogP contribution < -0.4 is 9.47 Å². The fraction of sp³-hybridized carbons (Fsp3) is 0.381. The zero-order valence-electron chi connectivity index (χ0n) is 17.3. The molecule has 0 unspecified atom stereocenters. The fourth-order valence-electron chi connectivity index (χ4n) is 3.26. The van der Waals surface area contributed by atoms with Gasteiger partial charge in [-0.15, -0.1) is 0 Å². The van der Waals surface area contributed by atoms with E-state index in [4.69, 9.17) is 32.7 Å². The molecule has 0 saturated carbocycles. The van der Waals surface area contributed by atoms with Crippen LogP contribution in [0.1, 0.15) is 23.7 Å². The Morgan fingerprint density at radius 1 is 1.03 bits per heavy atom. The average Bonchev–Trinajstić information content (AvgIpc) is 2.78. The summed E-state index contributed by atoms with van der Waals surface area (Å²) in [4.78, 5) is 14.5. The smallest absolute Gasteiger partial charge is 0.254 e. The van der Waals surface area contributed by atoms with Crippen LogP contribution in [0.25, 0.3) is 0 Å². The molecule has 0 bridgehead atoms. The quantitative estimate of drug-likeness (QED) is 0.592. The molecule has 1 saturated heterocycles. The highest BCUT2D eigenvalue weighted by Gasteiger charge is 2.32. The van der Waals surface area contributed by atoms with E-state index in [0.717, 1.165) is 6.42 Å². The number of carbonyl (C=O) groups excluding carboxylic acids is 1. The van der Waals surface area contributed by atoms with Crippen molar-refractivity contribution in [1.29, 1.82) is 0 Å². The highest BCUT2D eigenvalue weighted by atomic mass is 35.5. The lowest BCUT2D eigenvalue weighted by Gasteiger charge is -2.34. The molecule has 2 aromatic rings. The number of methoxy groups -OCH3 is 1. The first-order valence-electron chi connectivity index (χ1n) is 9.83. The van der Waals surface area contributed by atoms with E-state index in [0.29, 0.717) is 23.7 Å². The third-order valence-corrected chi connectivity index (χ3v) is 7.52. The van der Waals surface area contributed by atoms with Gasteiger partial charge in [-0.05, 0) is 42.8 Å². The predicted molar refractivity (Wildman–Crippen MR) is 120 cm³/mol. The highest BCUT2D eigenvalue weighted by Crippen LogP contribution is 2.30. The molecule has 0 radical (unpaired) electrons. The molecular formula is C21H24Cl2N2O5S. The second-order valence-corrected chi connectivity index (χ2v) is 9.74. The van der Waals surface area contributed by atoms with Gasteiger partial charge in [0.1, 0.15) is 4.90 Å². The van der Waals surface area contributed by atoms with E-state index in [1.54, 1.807) is 23.1 Å². The van der Waals surface area contributed by atoms with E-state index < -0.39 is 10.0 Å². The minimum Gasteiger partial charge on any atom is -0.493 e. The topological polar surface area (TPSA) is 76.2 Å². The standard InChI is InChI=1S/C21H24Cl2N2O5S/c1-3-12-30-18-7-4-15(13-19(18)29-2)21(26)24-8-10-25(11-9-24)31(27,28)20-14-16(22)5-6-17(20)23/h4-7,13-14H,3,8-12H2,1-2H3. The molecule has 1 amide bonds. The predicted octanol–water partition coefficient (Wildman–Crippen LogP) is 3.94. The van der Waals surface area contributed by atoms with Crippen molar-refractivity contribution in [3.05, 3.63) is 52.0 Å². The monoisotopic (exact) mass is 486 g/mol. The lowest BCUT2D eigenvalue weighted by Crippen LogP contribution is -2.50. The summed E-state index contributed by atoms with van der Waals surface area (Å²) in [5.41, 5.74) is 0.454. The molecule has 1 aliphatic rings. The molecule has 0 aliphatic carbocycles. The van der Waals surface area contributed by atoms with Gasteiger partial charge in [-0.2, -0.15) is 4.31 Å². The normalized spacial score (nSPS) is 15.0. The van der Waals surface area contributed by atoms with Gasteiger partial charge in [0.25, 0.3) is 5.91 Å². The number of benzene rings is 2. The Morgan fingerprint density at radius 3 is 2.39 bits per heavy atom. The number of sulfonamides is 1.